The van der Waals surface area contributed by atoms with Gasteiger partial charge in [-0.25, -0.2) is 0 Å². The second-order valence-electron chi connectivity index (χ2n) is 0.394. The van der Waals surface area contributed by atoms with Gasteiger partial charge in [-0.05, 0) is 0 Å². The Balaban J connectivity index is 0. The Morgan fingerprint density at radius 2 is 2.33 bits per heavy atom. The standard InChI is InChI=1S/C2H3O2.HN.W/c1-2(3)4;;/h1H2,(H,3,4);1H;/q-1;;/i;1T;. The van der Waals surface area contributed by atoms with Gasteiger partial charge in [-0.1, -0.05) is 0 Å². The van der Waals surface area contributed by atoms with E-state index in [4.69, 9.17) is 11.3 Å². The molecule has 0 unspecified atom stereocenters. The minimum atomic E-state index is -1.08. The molecule has 3 nitrogen and oxygen atoms in total. The number of rotatable bonds is 0. The molecule has 0 saturated carbocycles. The second kappa shape index (κ2) is 8.85. The molecule has 0 fully saturated rings. The van der Waals surface area contributed by atoms with E-state index in [1.807, 2.05) is 0 Å². The number of carboxylic acid groups (broad SMARTS) is 1. The van der Waals surface area contributed by atoms with Crippen molar-refractivity contribution in [2.75, 3.05) is 0 Å². The van der Waals surface area contributed by atoms with Crippen molar-refractivity contribution in [3.8, 4) is 0 Å². The smallest absolute Gasteiger partial charge is 0.161 e. The van der Waals surface area contributed by atoms with Crippen molar-refractivity contribution in [1.29, 1.82) is 3.91 Å². The van der Waals surface area contributed by atoms with Gasteiger partial charge in [0.05, 0.1) is 0 Å². The minimum absolute atomic E-state index is 0.963. The van der Waals surface area contributed by atoms with Crippen LogP contribution >= 0.6 is 0 Å². The summed E-state index contributed by atoms with van der Waals surface area (Å²) >= 11 is 0.963. The quantitative estimate of drug-likeness (QED) is 0.611. The van der Waals surface area contributed by atoms with Crippen LogP contribution in [0.4, 0.5) is 0 Å². The van der Waals surface area contributed by atoms with E-state index in [0.717, 1.165) is 19.6 Å². The van der Waals surface area contributed by atoms with Gasteiger partial charge in [-0.3, -0.25) is 11.7 Å². The van der Waals surface area contributed by atoms with E-state index < -0.39 is 5.97 Å². The molecule has 0 spiro atoms. The summed E-state index contributed by atoms with van der Waals surface area (Å²) in [6.45, 7) is 2.56. The summed E-state index contributed by atoms with van der Waals surface area (Å²) in [5.41, 5.74) is 0. The average molecular weight is 260 g/mol. The molecule has 0 aromatic carbocycles. The fourth-order valence-electron chi connectivity index (χ4n) is 0. The van der Waals surface area contributed by atoms with Gasteiger partial charge in [0.2, 0.25) is 0 Å². The van der Waals surface area contributed by atoms with Gasteiger partial charge >= 0.3 is 24.9 Å². The normalized spacial score (nSPS) is 6.33. The fraction of sp³-hybridized carbons (Fsp3) is 0. The Kier molecular flexibility index (Phi) is 8.59. The van der Waals surface area contributed by atoms with E-state index in [9.17, 15) is 0 Å². The molecule has 2 N–H and O–H groups in total. The van der Waals surface area contributed by atoms with Gasteiger partial charge < -0.3 is 5.11 Å². The van der Waals surface area contributed by atoms with Crippen LogP contribution in [-0.2, 0) is 24.4 Å². The molecule has 0 heterocycles. The first kappa shape index (κ1) is 5.83. The van der Waals surface area contributed by atoms with Gasteiger partial charge in [0.25, 0.3) is 0 Å². The van der Waals surface area contributed by atoms with Crippen LogP contribution < -0.4 is 0 Å². The van der Waals surface area contributed by atoms with Crippen molar-refractivity contribution in [3.63, 3.8) is 0 Å². The van der Waals surface area contributed by atoms with Crippen LogP contribution in [0.25, 0.3) is 0 Å². The van der Waals surface area contributed by atoms with E-state index in [1.54, 1.807) is 0 Å². The van der Waals surface area contributed by atoms with E-state index in [-0.39, 0.29) is 0 Å². The van der Waals surface area contributed by atoms with Crippen molar-refractivity contribution in [2.45, 2.75) is 0 Å². The largest absolute Gasteiger partial charge is 0.503 e. The molecule has 0 saturated heterocycles. The summed E-state index contributed by atoms with van der Waals surface area (Å²) in [4.78, 5) is 8.89. The molecule has 0 radical (unpaired) electrons. The Labute approximate surface area is 48.4 Å². The van der Waals surface area contributed by atoms with E-state index >= 15 is 0 Å². The first-order chi connectivity index (χ1) is 3.15. The molecule has 0 aliphatic carbocycles. The summed E-state index contributed by atoms with van der Waals surface area (Å²) in [6, 6.07) is 0. The monoisotopic (exact) mass is 260 g/mol. The molecule has 0 amide bonds. The maximum absolute atomic E-state index is 8.89. The third-order valence-electron chi connectivity index (χ3n) is 0. The number of nitrogens with one attached hydrogen (secondary N) is 1. The molecule has 0 aromatic rings. The van der Waals surface area contributed by atoms with Gasteiger partial charge in [0, 0.05) is 0 Å². The molecule has 4 heteroatoms. The maximum Gasteiger partial charge on any atom is 0.161 e. The predicted molar refractivity (Wildman–Crippen MR) is 15.7 cm³/mol. The zero-order chi connectivity index (χ0) is 6.28. The summed E-state index contributed by atoms with van der Waals surface area (Å²) in [6.07, 6.45) is 0. The van der Waals surface area contributed by atoms with Crippen molar-refractivity contribution in [3.05, 3.63) is 6.92 Å². The van der Waals surface area contributed by atoms with Crippen molar-refractivity contribution >= 4 is 5.97 Å². The number of carbonyl (C=O) groups is 1. The number of aliphatic carboxylic acids is 1. The third-order valence-corrected chi connectivity index (χ3v) is 0. The van der Waals surface area contributed by atoms with Crippen molar-refractivity contribution < 1.29 is 30.9 Å². The number of hydrogen-bond acceptors (Lipinski definition) is 2. The van der Waals surface area contributed by atoms with E-state index in [2.05, 4.69) is 10.8 Å². The fourth-order valence-corrected chi connectivity index (χ4v) is 0. The minimum Gasteiger partial charge on any atom is -0.503 e. The van der Waals surface area contributed by atoms with Crippen LogP contribution in [0, 0.1) is 10.8 Å². The molecule has 0 bridgehead atoms. The Hall–Kier alpha value is -0.172. The topological polar surface area (TPSA) is 61.2 Å². The Morgan fingerprint density at radius 1 is 2.33 bits per heavy atom. The van der Waals surface area contributed by atoms with Crippen LogP contribution in [0.5, 0.6) is 0 Å². The van der Waals surface area contributed by atoms with Crippen molar-refractivity contribution in [1.82, 2.24) is 0 Å². The first-order valence-electron chi connectivity index (χ1n) is 1.41. The molecular formula is C2H4NO2W-. The summed E-state index contributed by atoms with van der Waals surface area (Å²) in [5, 5.41) is 7.31. The third kappa shape index (κ3) is 1040. The Bertz CT molecular complexity index is 62.7. The van der Waals surface area contributed by atoms with Crippen LogP contribution in [0.15, 0.2) is 0 Å². The van der Waals surface area contributed by atoms with Crippen LogP contribution in [-0.4, -0.2) is 11.1 Å². The van der Waals surface area contributed by atoms with Crippen LogP contribution in [0.2, 0.25) is 1.41 Å². The number of carboxylic acids is 1. The van der Waals surface area contributed by atoms with Gasteiger partial charge in [-0.2, -0.15) is 0 Å². The molecule has 0 rings (SSSR count). The summed E-state index contributed by atoms with van der Waals surface area (Å²) < 4.78 is 8.70. The van der Waals surface area contributed by atoms with Crippen molar-refractivity contribution in [2.24, 2.45) is 0 Å². The van der Waals surface area contributed by atoms with Gasteiger partial charge in [0.1, 0.15) is 0 Å². The zero-order valence-corrected chi connectivity index (χ0v) is 5.85. The second-order valence-corrected chi connectivity index (χ2v) is 0.394. The SMILES string of the molecule is [3H][N]=[W].[CH2-]C(=O)O. The zero-order valence-electron chi connectivity index (χ0n) is 3.92. The molecule has 0 aliphatic rings. The molecular weight excluding hydrogens is 254 g/mol. The number of hydrogen-bond donors (Lipinski definition) is 2. The van der Waals surface area contributed by atoms with E-state index in [1.165, 1.54) is 0 Å². The molecule has 0 aromatic heterocycles. The van der Waals surface area contributed by atoms with Crippen LogP contribution in [0.3, 0.4) is 0 Å². The molecule has 0 aliphatic heterocycles. The van der Waals surface area contributed by atoms with E-state index in [0.29, 0.717) is 0 Å². The summed E-state index contributed by atoms with van der Waals surface area (Å²) in [5.74, 6) is -1.08. The first-order valence-corrected chi connectivity index (χ1v) is 2.28. The summed E-state index contributed by atoms with van der Waals surface area (Å²) in [7, 11) is 0. The molecule has 36 valence electrons. The molecule has 0 atom stereocenters. The predicted octanol–water partition coefficient (Wildman–Crippen LogP) is 0.201. The average Bonchev–Trinajstić information content (AvgIpc) is 1.33. The Morgan fingerprint density at radius 3 is 2.33 bits per heavy atom. The van der Waals surface area contributed by atoms with Gasteiger partial charge in [0.15, 0.2) is 5.97 Å². The van der Waals surface area contributed by atoms with Gasteiger partial charge in [-0.15, -0.1) is 0 Å². The van der Waals surface area contributed by atoms with Crippen LogP contribution in [0.1, 0.15) is 0 Å². The maximum atomic E-state index is 8.89. The molecule has 6 heavy (non-hydrogen) atoms.